The normalized spacial score (nSPS) is 15.2. The third-order valence-corrected chi connectivity index (χ3v) is 7.61. The SMILES string of the molecule is C=CCC1(S(=O)(=O)Nc2cc3ocnc3c(F)c2Nc2ccc(CC)cc2F)CC1. The standard InChI is InChI=1S/C21H21F2N3O3S/c1-3-7-21(8-9-21)30(27,28)26-16-11-17-20(24-12-29-17)18(23)19(16)25-15-6-5-13(4-2)10-14(15)22/h3,5-6,10-12,25-26H,1,4,7-9H2,2H3. The minimum Gasteiger partial charge on any atom is -0.443 e. The largest absolute Gasteiger partial charge is 0.443 e. The van der Waals surface area contributed by atoms with E-state index in [1.165, 1.54) is 18.2 Å². The Hall–Kier alpha value is -2.94. The Balaban J connectivity index is 1.79. The first-order chi connectivity index (χ1) is 14.3. The highest BCUT2D eigenvalue weighted by Crippen LogP contribution is 2.48. The Labute approximate surface area is 173 Å². The summed E-state index contributed by atoms with van der Waals surface area (Å²) in [4.78, 5) is 3.83. The van der Waals surface area contributed by atoms with Gasteiger partial charge in [0.1, 0.15) is 17.0 Å². The first-order valence-electron chi connectivity index (χ1n) is 9.54. The molecule has 1 aliphatic carbocycles. The molecule has 1 aliphatic rings. The third-order valence-electron chi connectivity index (χ3n) is 5.41. The number of halogens is 2. The highest BCUT2D eigenvalue weighted by molar-refractivity contribution is 7.94. The minimum absolute atomic E-state index is 0.0154. The molecule has 0 spiro atoms. The summed E-state index contributed by atoms with van der Waals surface area (Å²) in [5.74, 6) is -1.42. The number of sulfonamides is 1. The van der Waals surface area contributed by atoms with Gasteiger partial charge in [0.2, 0.25) is 10.0 Å². The Kier molecular flexibility index (Phi) is 5.01. The van der Waals surface area contributed by atoms with Crippen molar-refractivity contribution in [2.45, 2.75) is 37.4 Å². The lowest BCUT2D eigenvalue weighted by atomic mass is 10.1. The van der Waals surface area contributed by atoms with Gasteiger partial charge in [0, 0.05) is 6.07 Å². The van der Waals surface area contributed by atoms with E-state index < -0.39 is 26.4 Å². The van der Waals surface area contributed by atoms with Crippen LogP contribution in [0.3, 0.4) is 0 Å². The molecular weight excluding hydrogens is 412 g/mol. The van der Waals surface area contributed by atoms with E-state index in [9.17, 15) is 12.8 Å². The molecule has 9 heteroatoms. The molecule has 1 fully saturated rings. The zero-order valence-corrected chi connectivity index (χ0v) is 17.2. The molecule has 0 radical (unpaired) electrons. The predicted octanol–water partition coefficient (Wildman–Crippen LogP) is 5.26. The predicted molar refractivity (Wildman–Crippen MR) is 112 cm³/mol. The van der Waals surface area contributed by atoms with E-state index in [1.54, 1.807) is 12.1 Å². The number of fused-ring (bicyclic) bond motifs is 1. The summed E-state index contributed by atoms with van der Waals surface area (Å²) in [5, 5.41) is 2.69. The molecule has 0 bridgehead atoms. The summed E-state index contributed by atoms with van der Waals surface area (Å²) in [5.41, 5.74) is 0.487. The van der Waals surface area contributed by atoms with Crippen molar-refractivity contribution >= 4 is 38.2 Å². The topological polar surface area (TPSA) is 84.2 Å². The van der Waals surface area contributed by atoms with Crippen molar-refractivity contribution < 1.29 is 21.6 Å². The van der Waals surface area contributed by atoms with Crippen LogP contribution in [0, 0.1) is 11.6 Å². The Morgan fingerprint density at radius 3 is 2.67 bits per heavy atom. The Morgan fingerprint density at radius 1 is 1.27 bits per heavy atom. The van der Waals surface area contributed by atoms with E-state index in [1.807, 2.05) is 6.92 Å². The van der Waals surface area contributed by atoms with E-state index >= 15 is 4.39 Å². The van der Waals surface area contributed by atoms with Gasteiger partial charge >= 0.3 is 0 Å². The van der Waals surface area contributed by atoms with Crippen LogP contribution in [-0.4, -0.2) is 18.1 Å². The van der Waals surface area contributed by atoms with E-state index in [0.29, 0.717) is 19.3 Å². The molecule has 1 aromatic heterocycles. The molecule has 3 aromatic rings. The molecule has 0 unspecified atom stereocenters. The second-order valence-electron chi connectivity index (χ2n) is 7.39. The number of rotatable bonds is 8. The number of nitrogens with zero attached hydrogens (tertiary/aromatic N) is 1. The van der Waals surface area contributed by atoms with Crippen LogP contribution in [0.5, 0.6) is 0 Å². The van der Waals surface area contributed by atoms with Crippen LogP contribution in [0.25, 0.3) is 11.1 Å². The van der Waals surface area contributed by atoms with Gasteiger partial charge in [-0.05, 0) is 43.4 Å². The maximum Gasteiger partial charge on any atom is 0.238 e. The van der Waals surface area contributed by atoms with E-state index in [4.69, 9.17) is 4.42 Å². The van der Waals surface area contributed by atoms with Crippen molar-refractivity contribution in [1.82, 2.24) is 4.98 Å². The molecule has 6 nitrogen and oxygen atoms in total. The first kappa shape index (κ1) is 20.3. The molecule has 2 aromatic carbocycles. The number of allylic oxidation sites excluding steroid dienone is 1. The van der Waals surface area contributed by atoms with Crippen LogP contribution in [0.4, 0.5) is 25.8 Å². The fourth-order valence-electron chi connectivity index (χ4n) is 3.42. The van der Waals surface area contributed by atoms with Crippen molar-refractivity contribution in [1.29, 1.82) is 0 Å². The van der Waals surface area contributed by atoms with E-state index in [0.717, 1.165) is 12.0 Å². The third kappa shape index (κ3) is 3.43. The van der Waals surface area contributed by atoms with Crippen LogP contribution < -0.4 is 10.0 Å². The summed E-state index contributed by atoms with van der Waals surface area (Å²) in [7, 11) is -3.85. The number of hydrogen-bond donors (Lipinski definition) is 2. The molecule has 30 heavy (non-hydrogen) atoms. The van der Waals surface area contributed by atoms with Gasteiger partial charge in [-0.25, -0.2) is 22.2 Å². The molecule has 4 rings (SSSR count). The summed E-state index contributed by atoms with van der Waals surface area (Å²) in [6.45, 7) is 5.51. The lowest BCUT2D eigenvalue weighted by Crippen LogP contribution is -2.29. The fourth-order valence-corrected chi connectivity index (χ4v) is 5.06. The van der Waals surface area contributed by atoms with Crippen LogP contribution >= 0.6 is 0 Å². The highest BCUT2D eigenvalue weighted by atomic mass is 32.2. The maximum atomic E-state index is 15.2. The van der Waals surface area contributed by atoms with E-state index in [-0.39, 0.29) is 34.6 Å². The Bertz CT molecular complexity index is 1230. The van der Waals surface area contributed by atoms with Gasteiger partial charge in [-0.2, -0.15) is 0 Å². The highest BCUT2D eigenvalue weighted by Gasteiger charge is 2.53. The molecule has 1 heterocycles. The van der Waals surface area contributed by atoms with Crippen molar-refractivity contribution in [3.8, 4) is 0 Å². The lowest BCUT2D eigenvalue weighted by Gasteiger charge is -2.19. The number of hydrogen-bond acceptors (Lipinski definition) is 5. The average molecular weight is 433 g/mol. The maximum absolute atomic E-state index is 15.2. The van der Waals surface area contributed by atoms with Gasteiger partial charge in [0.05, 0.1) is 16.1 Å². The summed E-state index contributed by atoms with van der Waals surface area (Å²) >= 11 is 0. The molecule has 158 valence electrons. The summed E-state index contributed by atoms with van der Waals surface area (Å²) < 4.78 is 62.3. The Morgan fingerprint density at radius 2 is 2.03 bits per heavy atom. The molecule has 0 atom stereocenters. The van der Waals surface area contributed by atoms with Crippen LogP contribution in [0.2, 0.25) is 0 Å². The van der Waals surface area contributed by atoms with Gasteiger partial charge in [-0.1, -0.05) is 19.1 Å². The van der Waals surface area contributed by atoms with Gasteiger partial charge in [0.25, 0.3) is 0 Å². The van der Waals surface area contributed by atoms with E-state index in [2.05, 4.69) is 21.6 Å². The number of benzene rings is 2. The number of aromatic nitrogens is 1. The van der Waals surface area contributed by atoms with Crippen LogP contribution in [0.15, 0.2) is 47.7 Å². The van der Waals surface area contributed by atoms with Crippen LogP contribution in [0.1, 0.15) is 31.7 Å². The van der Waals surface area contributed by atoms with Gasteiger partial charge < -0.3 is 9.73 Å². The number of anilines is 3. The zero-order valence-electron chi connectivity index (χ0n) is 16.3. The van der Waals surface area contributed by atoms with Crippen molar-refractivity contribution in [3.63, 3.8) is 0 Å². The molecule has 0 amide bonds. The average Bonchev–Trinajstić information content (AvgIpc) is 3.35. The van der Waals surface area contributed by atoms with Crippen LogP contribution in [-0.2, 0) is 16.4 Å². The second kappa shape index (κ2) is 7.39. The van der Waals surface area contributed by atoms with Gasteiger partial charge in [-0.3, -0.25) is 4.72 Å². The second-order valence-corrected chi connectivity index (χ2v) is 9.46. The molecule has 0 saturated heterocycles. The van der Waals surface area contributed by atoms with Crippen molar-refractivity contribution in [2.75, 3.05) is 10.0 Å². The molecule has 1 saturated carbocycles. The van der Waals surface area contributed by atoms with Gasteiger partial charge in [0.15, 0.2) is 17.8 Å². The molecular formula is C21H21F2N3O3S. The first-order valence-corrected chi connectivity index (χ1v) is 11.0. The fraction of sp³-hybridized carbons (Fsp3) is 0.286. The molecule has 2 N–H and O–H groups in total. The smallest absolute Gasteiger partial charge is 0.238 e. The quantitative estimate of drug-likeness (QED) is 0.473. The number of nitrogens with one attached hydrogen (secondary N) is 2. The van der Waals surface area contributed by atoms with Crippen molar-refractivity contribution in [2.24, 2.45) is 0 Å². The zero-order chi connectivity index (χ0) is 21.5. The molecule has 0 aliphatic heterocycles. The number of aryl methyl sites for hydroxylation is 1. The number of oxazole rings is 1. The summed E-state index contributed by atoms with van der Waals surface area (Å²) in [6.07, 6.45) is 4.51. The van der Waals surface area contributed by atoms with Gasteiger partial charge in [-0.15, -0.1) is 6.58 Å². The lowest BCUT2D eigenvalue weighted by molar-refractivity contribution is 0.582. The monoisotopic (exact) mass is 433 g/mol. The van der Waals surface area contributed by atoms with Crippen molar-refractivity contribution in [3.05, 3.63) is 60.5 Å². The minimum atomic E-state index is -3.85. The summed E-state index contributed by atoms with van der Waals surface area (Å²) in [6, 6.07) is 5.89.